The predicted octanol–water partition coefficient (Wildman–Crippen LogP) is 3.48. The van der Waals surface area contributed by atoms with Crippen LogP contribution in [0.2, 0.25) is 0 Å². The van der Waals surface area contributed by atoms with Crippen molar-refractivity contribution >= 4 is 28.2 Å². The molecule has 3 nitrogen and oxygen atoms in total. The maximum Gasteiger partial charge on any atom is 0.329 e. The molecule has 3 aliphatic heterocycles. The standard InChI is InChI=1S/C17H16N2O/c20-17-18-9-1-3-12-7-5-11-6-8-13-4-2-10-19(17)16(13)14(11)15(12)18/h5-8H,1-4,9-10H2. The first kappa shape index (κ1) is 10.7. The van der Waals surface area contributed by atoms with Crippen molar-refractivity contribution in [3.05, 3.63) is 35.4 Å². The largest absolute Gasteiger partial charge is 0.329 e. The Kier molecular flexibility index (Phi) is 1.90. The number of aryl methyl sites for hydroxylation is 2. The summed E-state index contributed by atoms with van der Waals surface area (Å²) in [6.45, 7) is 1.73. The van der Waals surface area contributed by atoms with Crippen molar-refractivity contribution in [2.45, 2.75) is 25.7 Å². The lowest BCUT2D eigenvalue weighted by atomic mass is 9.89. The van der Waals surface area contributed by atoms with Gasteiger partial charge in [-0.05, 0) is 42.2 Å². The summed E-state index contributed by atoms with van der Waals surface area (Å²) in [6.07, 6.45) is 4.34. The van der Waals surface area contributed by atoms with Crippen LogP contribution in [-0.4, -0.2) is 19.1 Å². The molecule has 5 rings (SSSR count). The summed E-state index contributed by atoms with van der Waals surface area (Å²) in [5.41, 5.74) is 5.09. The summed E-state index contributed by atoms with van der Waals surface area (Å²) >= 11 is 0. The van der Waals surface area contributed by atoms with Gasteiger partial charge in [0.25, 0.3) is 0 Å². The van der Waals surface area contributed by atoms with Crippen molar-refractivity contribution < 1.29 is 4.79 Å². The molecule has 0 aliphatic carbocycles. The Morgan fingerprint density at radius 3 is 1.90 bits per heavy atom. The topological polar surface area (TPSA) is 23.6 Å². The van der Waals surface area contributed by atoms with Gasteiger partial charge in [0.05, 0.1) is 11.4 Å². The molecule has 20 heavy (non-hydrogen) atoms. The lowest BCUT2D eigenvalue weighted by Gasteiger charge is -2.42. The summed E-state index contributed by atoms with van der Waals surface area (Å²) in [4.78, 5) is 16.8. The number of anilines is 2. The van der Waals surface area contributed by atoms with Crippen molar-refractivity contribution in [2.75, 3.05) is 22.9 Å². The van der Waals surface area contributed by atoms with Crippen LogP contribution in [0.15, 0.2) is 24.3 Å². The molecule has 0 fully saturated rings. The van der Waals surface area contributed by atoms with E-state index in [1.165, 1.54) is 33.3 Å². The second-order valence-electron chi connectivity index (χ2n) is 6.04. The smallest absolute Gasteiger partial charge is 0.293 e. The highest BCUT2D eigenvalue weighted by Gasteiger charge is 2.37. The number of amides is 2. The third-order valence-electron chi connectivity index (χ3n) is 4.96. The molecule has 0 N–H and O–H groups in total. The number of rotatable bonds is 0. The van der Waals surface area contributed by atoms with E-state index in [2.05, 4.69) is 24.3 Å². The quantitative estimate of drug-likeness (QED) is 0.714. The number of benzene rings is 2. The Balaban J connectivity index is 1.99. The van der Waals surface area contributed by atoms with Crippen LogP contribution in [0, 0.1) is 0 Å². The molecule has 0 unspecified atom stereocenters. The Labute approximate surface area is 117 Å². The number of carbonyl (C=O) groups excluding carboxylic acids is 1. The van der Waals surface area contributed by atoms with Gasteiger partial charge in [0, 0.05) is 18.5 Å². The van der Waals surface area contributed by atoms with Gasteiger partial charge in [-0.1, -0.05) is 24.3 Å². The van der Waals surface area contributed by atoms with E-state index in [1.54, 1.807) is 0 Å². The van der Waals surface area contributed by atoms with Crippen molar-refractivity contribution in [3.8, 4) is 0 Å². The zero-order valence-electron chi connectivity index (χ0n) is 11.4. The first-order valence-electron chi connectivity index (χ1n) is 7.51. The van der Waals surface area contributed by atoms with E-state index in [1.807, 2.05) is 9.80 Å². The fraction of sp³-hybridized carbons (Fsp3) is 0.353. The van der Waals surface area contributed by atoms with Crippen LogP contribution in [-0.2, 0) is 12.8 Å². The third-order valence-corrected chi connectivity index (χ3v) is 4.96. The van der Waals surface area contributed by atoms with Crippen LogP contribution >= 0.6 is 0 Å². The molecule has 2 aromatic rings. The molecule has 0 aromatic heterocycles. The number of carbonyl (C=O) groups is 1. The van der Waals surface area contributed by atoms with Gasteiger partial charge in [0.1, 0.15) is 0 Å². The molecule has 0 saturated carbocycles. The Hall–Kier alpha value is -2.03. The van der Waals surface area contributed by atoms with Crippen LogP contribution in [0.5, 0.6) is 0 Å². The van der Waals surface area contributed by atoms with E-state index in [4.69, 9.17) is 0 Å². The molecular weight excluding hydrogens is 248 g/mol. The van der Waals surface area contributed by atoms with Crippen LogP contribution < -0.4 is 9.80 Å². The second-order valence-corrected chi connectivity index (χ2v) is 6.04. The molecule has 0 atom stereocenters. The SMILES string of the molecule is O=C1N2CCCc3ccc4ccc5c(c4c32)N1CCC5. The van der Waals surface area contributed by atoms with E-state index >= 15 is 0 Å². The molecule has 100 valence electrons. The van der Waals surface area contributed by atoms with Crippen molar-refractivity contribution in [2.24, 2.45) is 0 Å². The maximum absolute atomic E-state index is 12.8. The van der Waals surface area contributed by atoms with Crippen molar-refractivity contribution in [1.29, 1.82) is 0 Å². The van der Waals surface area contributed by atoms with E-state index in [0.717, 1.165) is 38.8 Å². The molecule has 0 spiro atoms. The van der Waals surface area contributed by atoms with Gasteiger partial charge in [0.15, 0.2) is 0 Å². The monoisotopic (exact) mass is 264 g/mol. The molecular formula is C17H16N2O. The van der Waals surface area contributed by atoms with Gasteiger partial charge >= 0.3 is 6.03 Å². The van der Waals surface area contributed by atoms with Gasteiger partial charge < -0.3 is 0 Å². The van der Waals surface area contributed by atoms with Gasteiger partial charge in [0.2, 0.25) is 0 Å². The predicted molar refractivity (Wildman–Crippen MR) is 80.7 cm³/mol. The highest BCUT2D eigenvalue weighted by Crippen LogP contribution is 2.47. The third kappa shape index (κ3) is 1.14. The van der Waals surface area contributed by atoms with Crippen molar-refractivity contribution in [3.63, 3.8) is 0 Å². The first-order valence-corrected chi connectivity index (χ1v) is 7.51. The molecule has 0 radical (unpaired) electrons. The normalized spacial score (nSPS) is 19.7. The minimum Gasteiger partial charge on any atom is -0.293 e. The average molecular weight is 264 g/mol. The minimum atomic E-state index is 0.193. The zero-order chi connectivity index (χ0) is 13.3. The molecule has 3 heterocycles. The first-order chi connectivity index (χ1) is 9.84. The Morgan fingerprint density at radius 1 is 0.800 bits per heavy atom. The average Bonchev–Trinajstić information content (AvgIpc) is 2.51. The van der Waals surface area contributed by atoms with Gasteiger partial charge in [-0.2, -0.15) is 0 Å². The van der Waals surface area contributed by atoms with E-state index in [0.29, 0.717) is 0 Å². The lowest BCUT2D eigenvalue weighted by molar-refractivity contribution is 0.250. The second kappa shape index (κ2) is 3.54. The molecule has 2 amide bonds. The van der Waals surface area contributed by atoms with Gasteiger partial charge in [-0.25, -0.2) is 4.79 Å². The molecule has 0 bridgehead atoms. The fourth-order valence-electron chi connectivity index (χ4n) is 4.09. The highest BCUT2D eigenvalue weighted by atomic mass is 16.2. The highest BCUT2D eigenvalue weighted by molar-refractivity contribution is 6.21. The zero-order valence-corrected chi connectivity index (χ0v) is 11.4. The van der Waals surface area contributed by atoms with Crippen LogP contribution in [0.25, 0.3) is 10.8 Å². The molecule has 3 heteroatoms. The maximum atomic E-state index is 12.8. The molecule has 0 saturated heterocycles. The number of hydrogen-bond donors (Lipinski definition) is 0. The van der Waals surface area contributed by atoms with Crippen LogP contribution in [0.4, 0.5) is 16.2 Å². The van der Waals surface area contributed by atoms with Gasteiger partial charge in [-0.3, -0.25) is 9.80 Å². The Morgan fingerprint density at radius 2 is 1.35 bits per heavy atom. The van der Waals surface area contributed by atoms with Gasteiger partial charge in [-0.15, -0.1) is 0 Å². The number of nitrogens with zero attached hydrogens (tertiary/aromatic N) is 2. The van der Waals surface area contributed by atoms with E-state index in [9.17, 15) is 4.79 Å². The van der Waals surface area contributed by atoms with E-state index < -0.39 is 0 Å². The summed E-state index contributed by atoms with van der Waals surface area (Å²) in [7, 11) is 0. The fourth-order valence-corrected chi connectivity index (χ4v) is 4.09. The summed E-state index contributed by atoms with van der Waals surface area (Å²) in [5.74, 6) is 0. The molecule has 2 aromatic carbocycles. The summed E-state index contributed by atoms with van der Waals surface area (Å²) < 4.78 is 0. The lowest BCUT2D eigenvalue weighted by Crippen LogP contribution is -2.50. The minimum absolute atomic E-state index is 0.193. The number of urea groups is 1. The van der Waals surface area contributed by atoms with Crippen molar-refractivity contribution in [1.82, 2.24) is 0 Å². The summed E-state index contributed by atoms with van der Waals surface area (Å²) in [5, 5.41) is 2.59. The Bertz CT molecular complexity index is 706. The van der Waals surface area contributed by atoms with Crippen LogP contribution in [0.3, 0.4) is 0 Å². The molecule has 3 aliphatic rings. The van der Waals surface area contributed by atoms with E-state index in [-0.39, 0.29) is 6.03 Å². The van der Waals surface area contributed by atoms with Crippen LogP contribution in [0.1, 0.15) is 24.0 Å². The number of hydrogen-bond acceptors (Lipinski definition) is 1. The summed E-state index contributed by atoms with van der Waals surface area (Å²) in [6, 6.07) is 9.06.